The maximum Gasteiger partial charge on any atom is 0.0195 e. The number of nitrogens with zero attached hydrogens (tertiary/aromatic N) is 1. The molecule has 3 aliphatic rings. The smallest absolute Gasteiger partial charge is 0.0195 e. The first-order valence-corrected chi connectivity index (χ1v) is 7.23. The highest BCUT2D eigenvalue weighted by Gasteiger charge is 2.39. The summed E-state index contributed by atoms with van der Waals surface area (Å²) in [5.41, 5.74) is 0. The average molecular weight is 222 g/mol. The Morgan fingerprint density at radius 3 is 2.69 bits per heavy atom. The number of likely N-dealkylation sites (N-methyl/N-ethyl adjacent to an activating group) is 1. The third kappa shape index (κ3) is 2.28. The first-order chi connectivity index (χ1) is 7.81. The molecule has 4 atom stereocenters. The molecule has 2 heteroatoms. The summed E-state index contributed by atoms with van der Waals surface area (Å²) in [6.45, 7) is 3.87. The van der Waals surface area contributed by atoms with Crippen molar-refractivity contribution >= 4 is 0 Å². The minimum Gasteiger partial charge on any atom is -0.313 e. The van der Waals surface area contributed by atoms with Gasteiger partial charge < -0.3 is 10.2 Å². The van der Waals surface area contributed by atoms with Crippen molar-refractivity contribution in [3.05, 3.63) is 0 Å². The molecule has 2 nitrogen and oxygen atoms in total. The molecule has 0 amide bonds. The van der Waals surface area contributed by atoms with Crippen LogP contribution in [0.4, 0.5) is 0 Å². The first-order valence-electron chi connectivity index (χ1n) is 7.23. The molecule has 3 fully saturated rings. The van der Waals surface area contributed by atoms with Gasteiger partial charge in [0.15, 0.2) is 0 Å². The molecule has 0 radical (unpaired) electrons. The third-order valence-corrected chi connectivity index (χ3v) is 5.13. The summed E-state index contributed by atoms with van der Waals surface area (Å²) in [5, 5.41) is 3.60. The average Bonchev–Trinajstić information content (AvgIpc) is 2.92. The van der Waals surface area contributed by atoms with Crippen molar-refractivity contribution in [2.75, 3.05) is 26.7 Å². The van der Waals surface area contributed by atoms with Gasteiger partial charge in [-0.15, -0.1) is 0 Å². The van der Waals surface area contributed by atoms with Crippen LogP contribution in [0.25, 0.3) is 0 Å². The molecule has 2 aliphatic carbocycles. The van der Waals surface area contributed by atoms with E-state index in [0.717, 1.165) is 23.8 Å². The Bertz CT molecular complexity index is 235. The van der Waals surface area contributed by atoms with E-state index in [1.807, 2.05) is 0 Å². The molecular weight excluding hydrogens is 196 g/mol. The Labute approximate surface area is 99.8 Å². The van der Waals surface area contributed by atoms with Gasteiger partial charge in [-0.2, -0.15) is 0 Å². The monoisotopic (exact) mass is 222 g/mol. The summed E-state index contributed by atoms with van der Waals surface area (Å²) in [6, 6.07) is 0.781. The minimum atomic E-state index is 0.781. The van der Waals surface area contributed by atoms with Crippen molar-refractivity contribution in [2.45, 2.75) is 44.6 Å². The molecule has 1 N–H and O–H groups in total. The first kappa shape index (κ1) is 11.0. The largest absolute Gasteiger partial charge is 0.313 e. The normalized spacial score (nSPS) is 42.4. The Morgan fingerprint density at radius 1 is 1.12 bits per heavy atom. The van der Waals surface area contributed by atoms with Gasteiger partial charge in [-0.3, -0.25) is 0 Å². The molecule has 0 aromatic heterocycles. The second-order valence-corrected chi connectivity index (χ2v) is 6.45. The summed E-state index contributed by atoms with van der Waals surface area (Å²) >= 11 is 0. The Hall–Kier alpha value is -0.0800. The zero-order valence-corrected chi connectivity index (χ0v) is 10.6. The van der Waals surface area contributed by atoms with Gasteiger partial charge >= 0.3 is 0 Å². The van der Waals surface area contributed by atoms with Crippen molar-refractivity contribution in [3.8, 4) is 0 Å². The maximum atomic E-state index is 3.60. The summed E-state index contributed by atoms with van der Waals surface area (Å²) < 4.78 is 0. The van der Waals surface area contributed by atoms with Crippen LogP contribution in [0, 0.1) is 17.8 Å². The summed E-state index contributed by atoms with van der Waals surface area (Å²) in [5.74, 6) is 3.22. The molecular formula is C14H26N2. The van der Waals surface area contributed by atoms with Gasteiger partial charge in [0.1, 0.15) is 0 Å². The van der Waals surface area contributed by atoms with Crippen LogP contribution in [-0.4, -0.2) is 37.6 Å². The van der Waals surface area contributed by atoms with Crippen LogP contribution < -0.4 is 5.32 Å². The van der Waals surface area contributed by atoms with Gasteiger partial charge in [0.05, 0.1) is 0 Å². The molecule has 1 aliphatic heterocycles. The van der Waals surface area contributed by atoms with Crippen molar-refractivity contribution in [1.82, 2.24) is 10.2 Å². The maximum absolute atomic E-state index is 3.60. The Morgan fingerprint density at radius 2 is 2.06 bits per heavy atom. The number of hydrogen-bond donors (Lipinski definition) is 1. The van der Waals surface area contributed by atoms with Crippen LogP contribution in [-0.2, 0) is 0 Å². The third-order valence-electron chi connectivity index (χ3n) is 5.13. The molecule has 3 rings (SSSR count). The van der Waals surface area contributed by atoms with Crippen LogP contribution in [0.2, 0.25) is 0 Å². The van der Waals surface area contributed by atoms with E-state index in [-0.39, 0.29) is 0 Å². The molecule has 92 valence electrons. The second-order valence-electron chi connectivity index (χ2n) is 6.45. The molecule has 1 heterocycles. The number of rotatable bonds is 4. The lowest BCUT2D eigenvalue weighted by atomic mass is 9.88. The molecule has 3 unspecified atom stereocenters. The SMILES string of the molecule is CN(CC1CC2CCC1C2)C[C@@H]1CCCN1. The fourth-order valence-electron chi connectivity index (χ4n) is 4.36. The van der Waals surface area contributed by atoms with E-state index in [1.165, 1.54) is 51.7 Å². The van der Waals surface area contributed by atoms with Crippen molar-refractivity contribution in [2.24, 2.45) is 17.8 Å². The Kier molecular flexibility index (Phi) is 3.21. The molecule has 0 aromatic rings. The van der Waals surface area contributed by atoms with E-state index >= 15 is 0 Å². The molecule has 0 spiro atoms. The fraction of sp³-hybridized carbons (Fsp3) is 1.00. The molecule has 1 saturated heterocycles. The molecule has 0 aromatic carbocycles. The van der Waals surface area contributed by atoms with Crippen LogP contribution in [0.15, 0.2) is 0 Å². The molecule has 2 saturated carbocycles. The lowest BCUT2D eigenvalue weighted by Crippen LogP contribution is -2.38. The van der Waals surface area contributed by atoms with E-state index in [4.69, 9.17) is 0 Å². The van der Waals surface area contributed by atoms with Crippen LogP contribution in [0.3, 0.4) is 0 Å². The van der Waals surface area contributed by atoms with E-state index in [1.54, 1.807) is 6.42 Å². The highest BCUT2D eigenvalue weighted by Crippen LogP contribution is 2.48. The van der Waals surface area contributed by atoms with Gasteiger partial charge in [-0.1, -0.05) is 6.42 Å². The Balaban J connectivity index is 1.43. The quantitative estimate of drug-likeness (QED) is 0.784. The van der Waals surface area contributed by atoms with Crippen LogP contribution >= 0.6 is 0 Å². The van der Waals surface area contributed by atoms with Crippen molar-refractivity contribution in [1.29, 1.82) is 0 Å². The molecule has 2 bridgehead atoms. The van der Waals surface area contributed by atoms with Gasteiger partial charge in [-0.25, -0.2) is 0 Å². The summed E-state index contributed by atoms with van der Waals surface area (Å²) in [6.07, 6.45) is 8.93. The van der Waals surface area contributed by atoms with Gasteiger partial charge in [-0.05, 0) is 63.5 Å². The predicted octanol–water partition coefficient (Wildman–Crippen LogP) is 2.11. The van der Waals surface area contributed by atoms with E-state index in [9.17, 15) is 0 Å². The van der Waals surface area contributed by atoms with Crippen LogP contribution in [0.5, 0.6) is 0 Å². The van der Waals surface area contributed by atoms with Crippen LogP contribution in [0.1, 0.15) is 38.5 Å². The second kappa shape index (κ2) is 4.66. The highest BCUT2D eigenvalue weighted by atomic mass is 15.1. The standard InChI is InChI=1S/C14H26N2/c1-16(10-14-3-2-6-15-14)9-13-8-11-4-5-12(13)7-11/h11-15H,2-10H2,1H3/t11?,12?,13?,14-/m0/s1. The number of hydrogen-bond acceptors (Lipinski definition) is 2. The zero-order chi connectivity index (χ0) is 11.0. The topological polar surface area (TPSA) is 15.3 Å². The zero-order valence-electron chi connectivity index (χ0n) is 10.6. The van der Waals surface area contributed by atoms with Gasteiger partial charge in [0, 0.05) is 19.1 Å². The lowest BCUT2D eigenvalue weighted by Gasteiger charge is -2.28. The van der Waals surface area contributed by atoms with Gasteiger partial charge in [0.2, 0.25) is 0 Å². The van der Waals surface area contributed by atoms with E-state index < -0.39 is 0 Å². The summed E-state index contributed by atoms with van der Waals surface area (Å²) in [4.78, 5) is 2.59. The van der Waals surface area contributed by atoms with E-state index in [0.29, 0.717) is 0 Å². The minimum absolute atomic E-state index is 0.781. The van der Waals surface area contributed by atoms with E-state index in [2.05, 4.69) is 17.3 Å². The lowest BCUT2D eigenvalue weighted by molar-refractivity contribution is 0.208. The number of fused-ring (bicyclic) bond motifs is 2. The van der Waals surface area contributed by atoms with Gasteiger partial charge in [0.25, 0.3) is 0 Å². The fourth-order valence-corrected chi connectivity index (χ4v) is 4.36. The number of nitrogens with one attached hydrogen (secondary N) is 1. The summed E-state index contributed by atoms with van der Waals surface area (Å²) in [7, 11) is 2.33. The molecule has 16 heavy (non-hydrogen) atoms. The van der Waals surface area contributed by atoms with Crippen molar-refractivity contribution < 1.29 is 0 Å². The van der Waals surface area contributed by atoms with Crippen molar-refractivity contribution in [3.63, 3.8) is 0 Å². The predicted molar refractivity (Wildman–Crippen MR) is 67.5 cm³/mol. The highest BCUT2D eigenvalue weighted by molar-refractivity contribution is 4.91.